The summed E-state index contributed by atoms with van der Waals surface area (Å²) in [7, 11) is -3.42. The van der Waals surface area contributed by atoms with Gasteiger partial charge in [-0.2, -0.15) is 0 Å². The van der Waals surface area contributed by atoms with E-state index in [9.17, 15) is 13.2 Å². The first-order valence-corrected chi connectivity index (χ1v) is 6.65. The molecule has 0 saturated carbocycles. The Morgan fingerprint density at radius 2 is 2.12 bits per heavy atom. The van der Waals surface area contributed by atoms with Gasteiger partial charge in [0.15, 0.2) is 14.9 Å². The van der Waals surface area contributed by atoms with Gasteiger partial charge in [0.2, 0.25) is 5.91 Å². The minimum absolute atomic E-state index is 0.0904. The molecule has 1 aromatic heterocycles. The van der Waals surface area contributed by atoms with Crippen LogP contribution >= 0.6 is 0 Å². The van der Waals surface area contributed by atoms with E-state index in [2.05, 4.69) is 10.3 Å². The highest BCUT2D eigenvalue weighted by Gasteiger charge is 2.11. The summed E-state index contributed by atoms with van der Waals surface area (Å²) in [5.41, 5.74) is 11.0. The number of primary amides is 1. The van der Waals surface area contributed by atoms with Crippen LogP contribution in [0.25, 0.3) is 0 Å². The second kappa shape index (κ2) is 5.11. The van der Waals surface area contributed by atoms with E-state index >= 15 is 0 Å². The van der Waals surface area contributed by atoms with Gasteiger partial charge in [0.05, 0.1) is 6.54 Å². The zero-order valence-electron chi connectivity index (χ0n) is 9.30. The minimum atomic E-state index is -3.42. The number of carbonyl (C=O) groups excluding carboxylic acids is 1. The number of carbonyl (C=O) groups is 1. The SMILES string of the molecule is CS(=O)(=O)c1cc(CN)cc(NCC(N)=O)n1. The van der Waals surface area contributed by atoms with Gasteiger partial charge in [-0.05, 0) is 17.7 Å². The third-order valence-corrected chi connectivity index (χ3v) is 2.89. The van der Waals surface area contributed by atoms with E-state index in [1.54, 1.807) is 6.07 Å². The van der Waals surface area contributed by atoms with Crippen LogP contribution in [0.4, 0.5) is 5.82 Å². The van der Waals surface area contributed by atoms with Crippen molar-refractivity contribution in [1.29, 1.82) is 0 Å². The summed E-state index contributed by atoms with van der Waals surface area (Å²) in [4.78, 5) is 14.5. The number of nitrogens with zero attached hydrogens (tertiary/aromatic N) is 1. The summed E-state index contributed by atoms with van der Waals surface area (Å²) in [6.45, 7) is 0.0561. The molecule has 0 atom stereocenters. The average Bonchev–Trinajstić information content (AvgIpc) is 2.24. The van der Waals surface area contributed by atoms with Gasteiger partial charge < -0.3 is 16.8 Å². The Morgan fingerprint density at radius 3 is 2.59 bits per heavy atom. The van der Waals surface area contributed by atoms with E-state index < -0.39 is 15.7 Å². The first kappa shape index (κ1) is 13.4. The number of hydrogen-bond acceptors (Lipinski definition) is 6. The number of pyridine rings is 1. The number of nitrogens with one attached hydrogen (secondary N) is 1. The van der Waals surface area contributed by atoms with Gasteiger partial charge in [-0.3, -0.25) is 4.79 Å². The maximum atomic E-state index is 11.4. The summed E-state index contributed by atoms with van der Waals surface area (Å²) in [5.74, 6) is -0.307. The third kappa shape index (κ3) is 4.00. The van der Waals surface area contributed by atoms with Crippen LogP contribution in [-0.2, 0) is 21.2 Å². The highest BCUT2D eigenvalue weighted by Crippen LogP contribution is 2.14. The fraction of sp³-hybridized carbons (Fsp3) is 0.333. The lowest BCUT2D eigenvalue weighted by Crippen LogP contribution is -2.22. The Balaban J connectivity index is 3.10. The van der Waals surface area contributed by atoms with Crippen LogP contribution in [0.2, 0.25) is 0 Å². The summed E-state index contributed by atoms with van der Waals surface area (Å²) in [5, 5.41) is 2.54. The van der Waals surface area contributed by atoms with E-state index in [0.29, 0.717) is 5.56 Å². The fourth-order valence-corrected chi connectivity index (χ4v) is 1.76. The van der Waals surface area contributed by atoms with Gasteiger partial charge in [-0.15, -0.1) is 0 Å². The standard InChI is InChI=1S/C9H14N4O3S/c1-17(15,16)9-3-6(4-10)2-8(13-9)12-5-7(11)14/h2-3H,4-5,10H2,1H3,(H2,11,14)(H,12,13). The monoisotopic (exact) mass is 258 g/mol. The van der Waals surface area contributed by atoms with Crippen LogP contribution in [0.5, 0.6) is 0 Å². The fourth-order valence-electron chi connectivity index (χ4n) is 1.14. The van der Waals surface area contributed by atoms with Crippen LogP contribution < -0.4 is 16.8 Å². The number of hydrogen-bond donors (Lipinski definition) is 3. The predicted molar refractivity (Wildman–Crippen MR) is 62.9 cm³/mol. The molecule has 17 heavy (non-hydrogen) atoms. The lowest BCUT2D eigenvalue weighted by atomic mass is 10.2. The quantitative estimate of drug-likeness (QED) is 0.611. The van der Waals surface area contributed by atoms with Gasteiger partial charge in [-0.1, -0.05) is 0 Å². The van der Waals surface area contributed by atoms with Crippen molar-refractivity contribution in [1.82, 2.24) is 4.98 Å². The highest BCUT2D eigenvalue weighted by molar-refractivity contribution is 7.90. The van der Waals surface area contributed by atoms with Crippen molar-refractivity contribution in [3.8, 4) is 0 Å². The van der Waals surface area contributed by atoms with Crippen molar-refractivity contribution < 1.29 is 13.2 Å². The molecule has 0 unspecified atom stereocenters. The molecular formula is C9H14N4O3S. The summed E-state index contributed by atoms with van der Waals surface area (Å²) in [6, 6.07) is 2.96. The molecule has 0 radical (unpaired) electrons. The van der Waals surface area contributed by atoms with E-state index in [0.717, 1.165) is 6.26 Å². The molecule has 0 saturated heterocycles. The maximum absolute atomic E-state index is 11.4. The van der Waals surface area contributed by atoms with Crippen LogP contribution in [0.1, 0.15) is 5.56 Å². The molecule has 94 valence electrons. The molecule has 0 aliphatic heterocycles. The smallest absolute Gasteiger partial charge is 0.236 e. The molecule has 1 aromatic rings. The minimum Gasteiger partial charge on any atom is -0.368 e. The molecule has 0 bridgehead atoms. The Kier molecular flexibility index (Phi) is 4.02. The number of aromatic nitrogens is 1. The summed E-state index contributed by atoms with van der Waals surface area (Å²) in [6.07, 6.45) is 1.05. The largest absolute Gasteiger partial charge is 0.368 e. The van der Waals surface area contributed by atoms with E-state index in [-0.39, 0.29) is 23.9 Å². The molecule has 0 aliphatic carbocycles. The Morgan fingerprint density at radius 1 is 1.47 bits per heavy atom. The molecule has 0 aromatic carbocycles. The van der Waals surface area contributed by atoms with Crippen molar-refractivity contribution in [2.45, 2.75) is 11.6 Å². The topological polar surface area (TPSA) is 128 Å². The van der Waals surface area contributed by atoms with E-state index in [1.165, 1.54) is 6.07 Å². The number of amides is 1. The molecule has 5 N–H and O–H groups in total. The highest BCUT2D eigenvalue weighted by atomic mass is 32.2. The normalized spacial score (nSPS) is 11.2. The van der Waals surface area contributed by atoms with Crippen molar-refractivity contribution >= 4 is 21.6 Å². The second-order valence-corrected chi connectivity index (χ2v) is 5.46. The van der Waals surface area contributed by atoms with Crippen molar-refractivity contribution in [2.24, 2.45) is 11.5 Å². The molecule has 8 heteroatoms. The number of anilines is 1. The molecular weight excluding hydrogens is 244 g/mol. The molecule has 1 amide bonds. The van der Waals surface area contributed by atoms with E-state index in [4.69, 9.17) is 11.5 Å². The Hall–Kier alpha value is -1.67. The maximum Gasteiger partial charge on any atom is 0.236 e. The van der Waals surface area contributed by atoms with Crippen LogP contribution in [-0.4, -0.2) is 32.1 Å². The first-order chi connectivity index (χ1) is 7.82. The van der Waals surface area contributed by atoms with Gasteiger partial charge >= 0.3 is 0 Å². The first-order valence-electron chi connectivity index (χ1n) is 4.76. The van der Waals surface area contributed by atoms with Gasteiger partial charge in [0.25, 0.3) is 0 Å². The molecule has 0 aliphatic rings. The van der Waals surface area contributed by atoms with Crippen molar-refractivity contribution in [3.05, 3.63) is 17.7 Å². The molecule has 1 heterocycles. The van der Waals surface area contributed by atoms with E-state index in [1.807, 2.05) is 0 Å². The lowest BCUT2D eigenvalue weighted by molar-refractivity contribution is -0.116. The van der Waals surface area contributed by atoms with Crippen molar-refractivity contribution in [3.63, 3.8) is 0 Å². The molecule has 0 spiro atoms. The third-order valence-electron chi connectivity index (χ3n) is 1.92. The van der Waals surface area contributed by atoms with Gasteiger partial charge in [-0.25, -0.2) is 13.4 Å². The second-order valence-electron chi connectivity index (χ2n) is 3.50. The molecule has 0 fully saturated rings. The molecule has 7 nitrogen and oxygen atoms in total. The van der Waals surface area contributed by atoms with Gasteiger partial charge in [0.1, 0.15) is 5.82 Å². The predicted octanol–water partition coefficient (Wildman–Crippen LogP) is -1.16. The molecule has 1 rings (SSSR count). The summed E-state index contributed by atoms with van der Waals surface area (Å²) >= 11 is 0. The average molecular weight is 258 g/mol. The van der Waals surface area contributed by atoms with Crippen LogP contribution in [0.15, 0.2) is 17.2 Å². The summed E-state index contributed by atoms with van der Waals surface area (Å²) < 4.78 is 22.7. The zero-order valence-corrected chi connectivity index (χ0v) is 10.1. The lowest BCUT2D eigenvalue weighted by Gasteiger charge is -2.07. The number of sulfone groups is 1. The number of nitrogens with two attached hydrogens (primary N) is 2. The zero-order chi connectivity index (χ0) is 13.1. The van der Waals surface area contributed by atoms with Gasteiger partial charge in [0, 0.05) is 12.8 Å². The number of rotatable bonds is 5. The Labute approximate surface area is 99.1 Å². The van der Waals surface area contributed by atoms with Crippen LogP contribution in [0.3, 0.4) is 0 Å². The Bertz CT molecular complexity index is 527. The van der Waals surface area contributed by atoms with Crippen LogP contribution in [0, 0.1) is 0 Å². The van der Waals surface area contributed by atoms with Crippen molar-refractivity contribution in [2.75, 3.05) is 18.1 Å².